The van der Waals surface area contributed by atoms with Gasteiger partial charge in [0, 0.05) is 13.1 Å². The highest BCUT2D eigenvalue weighted by Gasteiger charge is 2.44. The highest BCUT2D eigenvalue weighted by Crippen LogP contribution is 2.30. The van der Waals surface area contributed by atoms with Gasteiger partial charge in [0.25, 0.3) is 0 Å². The van der Waals surface area contributed by atoms with Crippen molar-refractivity contribution in [3.8, 4) is 0 Å². The Morgan fingerprint density at radius 1 is 1.27 bits per heavy atom. The number of amides is 1. The maximum absolute atomic E-state index is 11.8. The van der Waals surface area contributed by atoms with E-state index in [1.807, 2.05) is 25.7 Å². The predicted octanol–water partition coefficient (Wildman–Crippen LogP) is 1.85. The first-order valence-corrected chi connectivity index (χ1v) is 6.92. The van der Waals surface area contributed by atoms with Crippen LogP contribution in [-0.2, 0) is 9.53 Å². The van der Waals surface area contributed by atoms with Gasteiger partial charge in [-0.25, -0.2) is 9.59 Å². The van der Waals surface area contributed by atoms with Crippen LogP contribution in [0.2, 0.25) is 0 Å². The Balaban J connectivity index is 0.000000295. The Hall–Kier alpha value is -1.51. The first-order valence-electron chi connectivity index (χ1n) is 6.92. The summed E-state index contributed by atoms with van der Waals surface area (Å²) in [5, 5.41) is 10.4. The third-order valence-electron chi connectivity index (χ3n) is 3.29. The molecule has 0 aromatic carbocycles. The van der Waals surface area contributed by atoms with Gasteiger partial charge in [-0.2, -0.15) is 13.2 Å². The molecular formula is C13H21F3N2O4. The first kappa shape index (κ1) is 18.5. The number of nitrogens with zero attached hydrogens (tertiary/aromatic N) is 1. The van der Waals surface area contributed by atoms with Gasteiger partial charge >= 0.3 is 18.2 Å². The maximum Gasteiger partial charge on any atom is 0.490 e. The average Bonchev–Trinajstić information content (AvgIpc) is 2.27. The Morgan fingerprint density at radius 3 is 2.23 bits per heavy atom. The molecule has 2 aliphatic heterocycles. The summed E-state index contributed by atoms with van der Waals surface area (Å²) in [6.07, 6.45) is -4.06. The fraction of sp³-hybridized carbons (Fsp3) is 0.846. The van der Waals surface area contributed by atoms with Crippen LogP contribution in [0, 0.1) is 5.92 Å². The molecule has 0 aromatic heterocycles. The van der Waals surface area contributed by atoms with Crippen molar-refractivity contribution in [2.24, 2.45) is 5.92 Å². The van der Waals surface area contributed by atoms with Crippen molar-refractivity contribution in [2.75, 3.05) is 19.6 Å². The number of hydrogen-bond donors (Lipinski definition) is 2. The molecule has 0 aromatic rings. The summed E-state index contributed by atoms with van der Waals surface area (Å²) in [5.41, 5.74) is -0.385. The van der Waals surface area contributed by atoms with E-state index in [0.29, 0.717) is 12.0 Å². The van der Waals surface area contributed by atoms with Crippen molar-refractivity contribution in [1.82, 2.24) is 10.2 Å². The monoisotopic (exact) mass is 326 g/mol. The maximum atomic E-state index is 11.8. The zero-order valence-corrected chi connectivity index (χ0v) is 12.7. The van der Waals surface area contributed by atoms with E-state index in [4.69, 9.17) is 14.6 Å². The van der Waals surface area contributed by atoms with Crippen LogP contribution in [0.25, 0.3) is 0 Å². The number of fused-ring (bicyclic) bond motifs is 1. The normalized spacial score (nSPS) is 24.4. The molecule has 1 amide bonds. The number of likely N-dealkylation sites (tertiary alicyclic amines) is 1. The number of carboxylic acids is 1. The highest BCUT2D eigenvalue weighted by atomic mass is 19.4. The van der Waals surface area contributed by atoms with E-state index in [1.54, 1.807) is 0 Å². The summed E-state index contributed by atoms with van der Waals surface area (Å²) in [4.78, 5) is 22.5. The number of ether oxygens (including phenoxy) is 1. The average molecular weight is 326 g/mol. The van der Waals surface area contributed by atoms with E-state index in [2.05, 4.69) is 5.32 Å². The summed E-state index contributed by atoms with van der Waals surface area (Å²) in [6, 6.07) is 0.369. The second-order valence-electron chi connectivity index (χ2n) is 6.26. The number of nitrogens with one attached hydrogen (secondary N) is 1. The zero-order chi connectivity index (χ0) is 17.1. The zero-order valence-electron chi connectivity index (χ0n) is 12.7. The predicted molar refractivity (Wildman–Crippen MR) is 71.4 cm³/mol. The molecule has 2 aliphatic rings. The van der Waals surface area contributed by atoms with Crippen molar-refractivity contribution in [3.63, 3.8) is 0 Å². The number of carbonyl (C=O) groups excluding carboxylic acids is 1. The third kappa shape index (κ3) is 5.36. The summed E-state index contributed by atoms with van der Waals surface area (Å²) in [6.45, 7) is 8.60. The molecule has 0 saturated carbocycles. The molecular weight excluding hydrogens is 305 g/mol. The fourth-order valence-electron chi connectivity index (χ4n) is 2.25. The van der Waals surface area contributed by atoms with Crippen LogP contribution >= 0.6 is 0 Å². The van der Waals surface area contributed by atoms with Gasteiger partial charge in [-0.05, 0) is 39.7 Å². The van der Waals surface area contributed by atoms with E-state index in [1.165, 1.54) is 6.42 Å². The minimum atomic E-state index is -5.08. The van der Waals surface area contributed by atoms with Crippen LogP contribution in [0.5, 0.6) is 0 Å². The van der Waals surface area contributed by atoms with Crippen LogP contribution in [0.1, 0.15) is 27.2 Å². The molecule has 2 atom stereocenters. The van der Waals surface area contributed by atoms with Gasteiger partial charge in [-0.1, -0.05) is 0 Å². The second kappa shape index (κ2) is 6.72. The van der Waals surface area contributed by atoms with Crippen molar-refractivity contribution in [3.05, 3.63) is 0 Å². The summed E-state index contributed by atoms with van der Waals surface area (Å²) in [7, 11) is 0. The van der Waals surface area contributed by atoms with Crippen LogP contribution in [0.4, 0.5) is 18.0 Å². The molecule has 0 bridgehead atoms. The van der Waals surface area contributed by atoms with Crippen molar-refractivity contribution >= 4 is 12.1 Å². The van der Waals surface area contributed by atoms with E-state index in [-0.39, 0.29) is 11.7 Å². The lowest BCUT2D eigenvalue weighted by Gasteiger charge is -2.50. The van der Waals surface area contributed by atoms with Gasteiger partial charge < -0.3 is 20.1 Å². The van der Waals surface area contributed by atoms with Crippen LogP contribution < -0.4 is 5.32 Å². The lowest BCUT2D eigenvalue weighted by molar-refractivity contribution is -0.192. The standard InChI is InChI=1S/C11H20N2O2.C2HF3O2/c1-11(2,3)15-10(14)13-7-8-4-5-12-6-9(8)13;3-2(4,5)1(6)7/h8-9,12H,4-7H2,1-3H3;(H,6,7)/t8-,9-;/m0./s1. The molecule has 2 heterocycles. The number of hydrogen-bond acceptors (Lipinski definition) is 4. The van der Waals surface area contributed by atoms with Gasteiger partial charge in [0.2, 0.25) is 0 Å². The molecule has 0 aliphatic carbocycles. The first-order chi connectivity index (χ1) is 9.92. The van der Waals surface area contributed by atoms with Gasteiger partial charge in [0.1, 0.15) is 5.60 Å². The molecule has 0 unspecified atom stereocenters. The van der Waals surface area contributed by atoms with Gasteiger partial charge in [-0.15, -0.1) is 0 Å². The lowest BCUT2D eigenvalue weighted by atomic mass is 9.83. The molecule has 22 heavy (non-hydrogen) atoms. The number of carbonyl (C=O) groups is 2. The van der Waals surface area contributed by atoms with Gasteiger partial charge in [-0.3, -0.25) is 0 Å². The summed E-state index contributed by atoms with van der Waals surface area (Å²) >= 11 is 0. The van der Waals surface area contributed by atoms with Gasteiger partial charge in [0.15, 0.2) is 0 Å². The number of aliphatic carboxylic acids is 1. The molecule has 2 fully saturated rings. The molecule has 2 rings (SSSR count). The van der Waals surface area contributed by atoms with E-state index in [9.17, 15) is 18.0 Å². The largest absolute Gasteiger partial charge is 0.490 e. The topological polar surface area (TPSA) is 78.9 Å². The second-order valence-corrected chi connectivity index (χ2v) is 6.26. The molecule has 0 spiro atoms. The highest BCUT2D eigenvalue weighted by molar-refractivity contribution is 5.73. The van der Waals surface area contributed by atoms with E-state index in [0.717, 1.165) is 19.6 Å². The Bertz CT molecular complexity index is 420. The lowest BCUT2D eigenvalue weighted by Crippen LogP contribution is -2.65. The number of halogens is 3. The van der Waals surface area contributed by atoms with Crippen molar-refractivity contribution in [1.29, 1.82) is 0 Å². The molecule has 0 radical (unpaired) electrons. The smallest absolute Gasteiger partial charge is 0.475 e. The molecule has 9 heteroatoms. The number of piperidine rings is 1. The van der Waals surface area contributed by atoms with Crippen molar-refractivity contribution in [2.45, 2.75) is 45.0 Å². The summed E-state index contributed by atoms with van der Waals surface area (Å²) < 4.78 is 37.1. The Morgan fingerprint density at radius 2 is 1.82 bits per heavy atom. The Kier molecular flexibility index (Phi) is 5.66. The third-order valence-corrected chi connectivity index (χ3v) is 3.29. The molecule has 2 N–H and O–H groups in total. The summed E-state index contributed by atoms with van der Waals surface area (Å²) in [5.74, 6) is -2.06. The number of carboxylic acid groups (broad SMARTS) is 1. The molecule has 128 valence electrons. The van der Waals surface area contributed by atoms with Crippen LogP contribution in [0.3, 0.4) is 0 Å². The SMILES string of the molecule is CC(C)(C)OC(=O)N1C[C@@H]2CCNC[C@@H]21.O=C(O)C(F)(F)F. The van der Waals surface area contributed by atoms with Crippen molar-refractivity contribution < 1.29 is 32.6 Å². The minimum absolute atomic E-state index is 0.160. The molecule has 2 saturated heterocycles. The van der Waals surface area contributed by atoms with E-state index >= 15 is 0 Å². The van der Waals surface area contributed by atoms with Crippen LogP contribution in [0.15, 0.2) is 0 Å². The number of alkyl halides is 3. The van der Waals surface area contributed by atoms with Crippen LogP contribution in [-0.4, -0.2) is 59.5 Å². The van der Waals surface area contributed by atoms with E-state index < -0.39 is 12.1 Å². The minimum Gasteiger partial charge on any atom is -0.475 e. The Labute approximate surface area is 126 Å². The molecule has 6 nitrogen and oxygen atoms in total. The van der Waals surface area contributed by atoms with Gasteiger partial charge in [0.05, 0.1) is 6.04 Å². The number of rotatable bonds is 0. The quantitative estimate of drug-likeness (QED) is 0.710. The fourth-order valence-corrected chi connectivity index (χ4v) is 2.25.